The summed E-state index contributed by atoms with van der Waals surface area (Å²) in [6.07, 6.45) is -9.51. The lowest BCUT2D eigenvalue weighted by atomic mass is 9.84. The Morgan fingerprint density at radius 1 is 1.08 bits per heavy atom. The molecule has 0 aliphatic heterocycles. The van der Waals surface area contributed by atoms with E-state index in [4.69, 9.17) is 0 Å². The highest BCUT2D eigenvalue weighted by Gasteiger charge is 2.71. The number of benzene rings is 1. The molecule has 9 heteroatoms. The van der Waals surface area contributed by atoms with Gasteiger partial charge < -0.3 is 10.0 Å². The van der Waals surface area contributed by atoms with Crippen molar-refractivity contribution in [3.05, 3.63) is 29.8 Å². The van der Waals surface area contributed by atoms with Crippen LogP contribution in [-0.2, 0) is 10.4 Å². The molecule has 1 aromatic rings. The standard InChI is InChI=1S/C16H17F6NO2/c1-2-23(13(24)10-4-3-5-10)12-8-6-11(7-9-12)14(25,15(17,18)19)16(20,21)22/h6-10,25H,2-5H2,1H3. The van der Waals surface area contributed by atoms with Gasteiger partial charge in [-0.25, -0.2) is 0 Å². The molecule has 2 rings (SSSR count). The molecular formula is C16H17F6NO2. The van der Waals surface area contributed by atoms with Gasteiger partial charge in [0, 0.05) is 23.7 Å². The van der Waals surface area contributed by atoms with Crippen molar-refractivity contribution < 1.29 is 36.2 Å². The molecule has 1 saturated carbocycles. The Morgan fingerprint density at radius 2 is 1.56 bits per heavy atom. The van der Waals surface area contributed by atoms with Crippen molar-refractivity contribution in [1.82, 2.24) is 0 Å². The number of halogens is 6. The van der Waals surface area contributed by atoms with E-state index in [1.807, 2.05) is 0 Å². The second-order valence-electron chi connectivity index (χ2n) is 5.96. The lowest BCUT2D eigenvalue weighted by molar-refractivity contribution is -0.376. The van der Waals surface area contributed by atoms with Crippen LogP contribution in [-0.4, -0.2) is 29.9 Å². The highest BCUT2D eigenvalue weighted by molar-refractivity contribution is 5.95. The molecule has 0 aromatic heterocycles. The number of nitrogens with zero attached hydrogens (tertiary/aromatic N) is 1. The molecule has 1 fully saturated rings. The molecule has 1 N–H and O–H groups in total. The fraction of sp³-hybridized carbons (Fsp3) is 0.562. The third-order valence-electron chi connectivity index (χ3n) is 4.45. The summed E-state index contributed by atoms with van der Waals surface area (Å²) in [5, 5.41) is 9.36. The van der Waals surface area contributed by atoms with Gasteiger partial charge in [0.15, 0.2) is 0 Å². The Labute approximate surface area is 140 Å². The molecule has 1 aliphatic carbocycles. The topological polar surface area (TPSA) is 40.5 Å². The first-order chi connectivity index (χ1) is 11.4. The van der Waals surface area contributed by atoms with Gasteiger partial charge in [-0.15, -0.1) is 0 Å². The number of anilines is 1. The number of hydrogen-bond donors (Lipinski definition) is 1. The minimum atomic E-state index is -5.93. The van der Waals surface area contributed by atoms with Gasteiger partial charge in [0.25, 0.3) is 5.60 Å². The fourth-order valence-electron chi connectivity index (χ4n) is 2.71. The number of amides is 1. The maximum absolute atomic E-state index is 12.9. The van der Waals surface area contributed by atoms with E-state index in [0.717, 1.165) is 31.4 Å². The van der Waals surface area contributed by atoms with Crippen molar-refractivity contribution in [2.75, 3.05) is 11.4 Å². The Morgan fingerprint density at radius 3 is 1.88 bits per heavy atom. The third-order valence-corrected chi connectivity index (χ3v) is 4.45. The Kier molecular flexibility index (Phi) is 5.09. The molecule has 0 spiro atoms. The highest BCUT2D eigenvalue weighted by atomic mass is 19.4. The van der Waals surface area contributed by atoms with E-state index in [2.05, 4.69) is 0 Å². The summed E-state index contributed by atoms with van der Waals surface area (Å²) in [7, 11) is 0. The van der Waals surface area contributed by atoms with Gasteiger partial charge in [-0.3, -0.25) is 4.79 Å². The van der Waals surface area contributed by atoms with Crippen molar-refractivity contribution in [2.45, 2.75) is 44.1 Å². The van der Waals surface area contributed by atoms with Gasteiger partial charge in [0.05, 0.1) is 0 Å². The van der Waals surface area contributed by atoms with Gasteiger partial charge >= 0.3 is 12.4 Å². The molecule has 0 unspecified atom stereocenters. The molecule has 0 saturated heterocycles. The van der Waals surface area contributed by atoms with Crippen LogP contribution in [0.5, 0.6) is 0 Å². The molecular weight excluding hydrogens is 352 g/mol. The summed E-state index contributed by atoms with van der Waals surface area (Å²) in [6, 6.07) is 3.07. The molecule has 1 aliphatic rings. The molecule has 1 amide bonds. The Hall–Kier alpha value is -1.77. The summed E-state index contributed by atoms with van der Waals surface area (Å²) in [4.78, 5) is 13.6. The van der Waals surface area contributed by atoms with Crippen LogP contribution in [0.15, 0.2) is 24.3 Å². The van der Waals surface area contributed by atoms with E-state index in [1.165, 1.54) is 4.90 Å². The maximum atomic E-state index is 12.9. The smallest absolute Gasteiger partial charge is 0.369 e. The normalized spacial score (nSPS) is 16.5. The summed E-state index contributed by atoms with van der Waals surface area (Å²) in [5.74, 6) is -0.370. The third kappa shape index (κ3) is 3.33. The lowest BCUT2D eigenvalue weighted by Gasteiger charge is -2.33. The zero-order chi connectivity index (χ0) is 19.0. The monoisotopic (exact) mass is 369 g/mol. The van der Waals surface area contributed by atoms with Crippen molar-refractivity contribution in [3.63, 3.8) is 0 Å². The number of alkyl halides is 6. The van der Waals surface area contributed by atoms with Gasteiger partial charge in [-0.1, -0.05) is 18.6 Å². The van der Waals surface area contributed by atoms with Crippen molar-refractivity contribution >= 4 is 11.6 Å². The SMILES string of the molecule is CCN(C(=O)C1CCC1)c1ccc(C(O)(C(F)(F)F)C(F)(F)F)cc1. The number of carbonyl (C=O) groups is 1. The molecule has 0 bridgehead atoms. The fourth-order valence-corrected chi connectivity index (χ4v) is 2.71. The van der Waals surface area contributed by atoms with E-state index in [1.54, 1.807) is 6.92 Å². The molecule has 140 valence electrons. The minimum absolute atomic E-state index is 0.165. The van der Waals surface area contributed by atoms with Crippen molar-refractivity contribution in [1.29, 1.82) is 0 Å². The van der Waals surface area contributed by atoms with E-state index in [9.17, 15) is 36.2 Å². The van der Waals surface area contributed by atoms with Crippen LogP contribution in [0.1, 0.15) is 31.7 Å². The van der Waals surface area contributed by atoms with Crippen LogP contribution in [0.25, 0.3) is 0 Å². The summed E-state index contributed by atoms with van der Waals surface area (Å²) >= 11 is 0. The Balaban J connectivity index is 2.35. The quantitative estimate of drug-likeness (QED) is 0.810. The van der Waals surface area contributed by atoms with Crippen LogP contribution in [0, 0.1) is 5.92 Å². The van der Waals surface area contributed by atoms with Crippen LogP contribution in [0.4, 0.5) is 32.0 Å². The lowest BCUT2D eigenvalue weighted by Crippen LogP contribution is -2.53. The average Bonchev–Trinajstić information content (AvgIpc) is 2.43. The Bertz CT molecular complexity index is 605. The molecule has 0 heterocycles. The van der Waals surface area contributed by atoms with Gasteiger partial charge in [0.1, 0.15) is 0 Å². The molecule has 1 aromatic carbocycles. The second kappa shape index (κ2) is 6.51. The van der Waals surface area contributed by atoms with Crippen LogP contribution >= 0.6 is 0 Å². The zero-order valence-electron chi connectivity index (χ0n) is 13.3. The highest BCUT2D eigenvalue weighted by Crippen LogP contribution is 2.50. The molecule has 0 atom stereocenters. The first-order valence-corrected chi connectivity index (χ1v) is 7.71. The predicted molar refractivity (Wildman–Crippen MR) is 77.8 cm³/mol. The maximum Gasteiger partial charge on any atom is 0.430 e. The van der Waals surface area contributed by atoms with Crippen LogP contribution in [0.3, 0.4) is 0 Å². The van der Waals surface area contributed by atoms with Gasteiger partial charge in [0.2, 0.25) is 5.91 Å². The summed E-state index contributed by atoms with van der Waals surface area (Å²) in [6.45, 7) is 1.89. The largest absolute Gasteiger partial charge is 0.430 e. The first-order valence-electron chi connectivity index (χ1n) is 7.71. The second-order valence-corrected chi connectivity index (χ2v) is 5.96. The molecule has 25 heavy (non-hydrogen) atoms. The number of aliphatic hydroxyl groups is 1. The molecule has 3 nitrogen and oxygen atoms in total. The van der Waals surface area contributed by atoms with E-state index in [0.29, 0.717) is 12.1 Å². The average molecular weight is 369 g/mol. The predicted octanol–water partition coefficient (Wildman–Crippen LogP) is 4.15. The number of hydrogen-bond acceptors (Lipinski definition) is 2. The summed E-state index contributed by atoms with van der Waals surface area (Å²) < 4.78 is 77.2. The van der Waals surface area contributed by atoms with E-state index < -0.39 is 23.5 Å². The summed E-state index contributed by atoms with van der Waals surface area (Å²) in [5.41, 5.74) is -6.12. The van der Waals surface area contributed by atoms with Crippen LogP contribution in [0.2, 0.25) is 0 Å². The van der Waals surface area contributed by atoms with Gasteiger partial charge in [-0.05, 0) is 31.9 Å². The van der Waals surface area contributed by atoms with E-state index >= 15 is 0 Å². The van der Waals surface area contributed by atoms with E-state index in [-0.39, 0.29) is 24.1 Å². The van der Waals surface area contributed by atoms with Crippen molar-refractivity contribution in [2.24, 2.45) is 5.92 Å². The molecule has 0 radical (unpaired) electrons. The number of carbonyl (C=O) groups excluding carboxylic acids is 1. The van der Waals surface area contributed by atoms with Crippen LogP contribution < -0.4 is 4.90 Å². The van der Waals surface area contributed by atoms with Crippen molar-refractivity contribution in [3.8, 4) is 0 Å². The number of rotatable bonds is 4. The minimum Gasteiger partial charge on any atom is -0.369 e. The van der Waals surface area contributed by atoms with Gasteiger partial charge in [-0.2, -0.15) is 26.3 Å². The zero-order valence-corrected chi connectivity index (χ0v) is 13.3. The first kappa shape index (κ1) is 19.6.